The maximum absolute atomic E-state index is 13.0. The summed E-state index contributed by atoms with van der Waals surface area (Å²) in [7, 11) is -1.65. The van der Waals surface area contributed by atoms with Gasteiger partial charge in [-0.2, -0.15) is 13.2 Å². The van der Waals surface area contributed by atoms with Gasteiger partial charge in [0, 0.05) is 37.2 Å². The van der Waals surface area contributed by atoms with Gasteiger partial charge < -0.3 is 24.5 Å². The summed E-state index contributed by atoms with van der Waals surface area (Å²) in [6.45, 7) is 1.10. The zero-order valence-corrected chi connectivity index (χ0v) is 21.2. The standard InChI is InChI=1S/C21H26N4O5S.C2HF3O2/c1-29-16-4-2-3-15(13-16)23-19(26)18-14-24-12-9-22-20(24)21(30-18)7-10-25(11-8-21)31(27,28)17-5-6-17;3-2(4,5)1(6)7/h2-4,9,12-13,17-18H,5-8,10-11,14H2,1H3,(H,23,26);(H,6,7). The molecule has 1 saturated heterocycles. The van der Waals surface area contributed by atoms with Crippen LogP contribution in [-0.2, 0) is 36.5 Å². The number of ether oxygens (including phenoxy) is 2. The third kappa shape index (κ3) is 5.94. The minimum Gasteiger partial charge on any atom is -0.497 e. The van der Waals surface area contributed by atoms with Crippen LogP contribution in [0.5, 0.6) is 5.75 Å². The molecule has 1 aliphatic carbocycles. The molecule has 0 bridgehead atoms. The van der Waals surface area contributed by atoms with E-state index in [0.29, 0.717) is 43.9 Å². The number of piperidine rings is 1. The molecule has 2 N–H and O–H groups in total. The molecule has 5 rings (SSSR count). The molecule has 15 heteroatoms. The lowest BCUT2D eigenvalue weighted by Gasteiger charge is -2.45. The summed E-state index contributed by atoms with van der Waals surface area (Å²) < 4.78 is 72.1. The van der Waals surface area contributed by atoms with Crippen LogP contribution in [0.4, 0.5) is 18.9 Å². The van der Waals surface area contributed by atoms with E-state index in [-0.39, 0.29) is 11.2 Å². The van der Waals surface area contributed by atoms with Gasteiger partial charge in [0.15, 0.2) is 6.10 Å². The lowest BCUT2D eigenvalue weighted by molar-refractivity contribution is -0.192. The normalized spacial score (nSPS) is 21.1. The topological polar surface area (TPSA) is 140 Å². The third-order valence-corrected chi connectivity index (χ3v) is 8.96. The summed E-state index contributed by atoms with van der Waals surface area (Å²) in [6, 6.07) is 7.16. The number of carboxylic acids is 1. The Balaban J connectivity index is 0.000000426. The van der Waals surface area contributed by atoms with Crippen LogP contribution >= 0.6 is 0 Å². The number of aromatic nitrogens is 2. The van der Waals surface area contributed by atoms with Crippen LogP contribution in [0.25, 0.3) is 0 Å². The first-order valence-electron chi connectivity index (χ1n) is 11.8. The second kappa shape index (κ2) is 10.5. The third-order valence-electron chi connectivity index (χ3n) is 6.56. The second-order valence-electron chi connectivity index (χ2n) is 9.17. The number of methoxy groups -OCH3 is 1. The van der Waals surface area contributed by atoms with E-state index < -0.39 is 33.9 Å². The molecule has 1 amide bonds. The van der Waals surface area contributed by atoms with Crippen LogP contribution in [0.3, 0.4) is 0 Å². The van der Waals surface area contributed by atoms with Crippen molar-refractivity contribution in [3.63, 3.8) is 0 Å². The van der Waals surface area contributed by atoms with Crippen molar-refractivity contribution in [2.75, 3.05) is 25.5 Å². The Morgan fingerprint density at radius 2 is 1.89 bits per heavy atom. The monoisotopic (exact) mass is 560 g/mol. The molecule has 1 aromatic heterocycles. The van der Waals surface area contributed by atoms with Crippen LogP contribution in [0.15, 0.2) is 36.7 Å². The number of anilines is 1. The number of benzene rings is 1. The number of carboxylic acid groups (broad SMARTS) is 1. The van der Waals surface area contributed by atoms with E-state index in [0.717, 1.165) is 18.7 Å². The molecule has 1 spiro atoms. The van der Waals surface area contributed by atoms with E-state index in [1.165, 1.54) is 0 Å². The molecule has 3 aliphatic rings. The molecule has 1 unspecified atom stereocenters. The number of carbonyl (C=O) groups excluding carboxylic acids is 1. The smallest absolute Gasteiger partial charge is 0.490 e. The second-order valence-corrected chi connectivity index (χ2v) is 11.4. The van der Waals surface area contributed by atoms with E-state index in [1.54, 1.807) is 29.7 Å². The zero-order valence-electron chi connectivity index (χ0n) is 20.3. The van der Waals surface area contributed by atoms with Crippen LogP contribution in [0.2, 0.25) is 0 Å². The first-order chi connectivity index (χ1) is 17.9. The average Bonchev–Trinajstić information content (AvgIpc) is 3.63. The number of halogens is 3. The predicted octanol–water partition coefficient (Wildman–Crippen LogP) is 2.35. The number of fused-ring (bicyclic) bond motifs is 2. The van der Waals surface area contributed by atoms with Gasteiger partial charge in [-0.25, -0.2) is 22.5 Å². The van der Waals surface area contributed by atoms with Gasteiger partial charge in [-0.15, -0.1) is 0 Å². The highest BCUT2D eigenvalue weighted by molar-refractivity contribution is 7.90. The van der Waals surface area contributed by atoms with Gasteiger partial charge in [-0.05, 0) is 37.8 Å². The van der Waals surface area contributed by atoms with Crippen molar-refractivity contribution in [2.24, 2.45) is 0 Å². The molecule has 2 aromatic rings. The largest absolute Gasteiger partial charge is 0.497 e. The Bertz CT molecular complexity index is 1290. The zero-order chi connectivity index (χ0) is 27.7. The number of imidazole rings is 1. The number of carbonyl (C=O) groups is 2. The van der Waals surface area contributed by atoms with E-state index in [1.807, 2.05) is 22.9 Å². The summed E-state index contributed by atoms with van der Waals surface area (Å²) in [6.07, 6.45) is 0.195. The van der Waals surface area contributed by atoms with Gasteiger partial charge in [0.25, 0.3) is 5.91 Å². The highest BCUT2D eigenvalue weighted by Gasteiger charge is 2.50. The van der Waals surface area contributed by atoms with Crippen LogP contribution < -0.4 is 10.1 Å². The molecule has 2 fully saturated rings. The van der Waals surface area contributed by atoms with Crippen molar-refractivity contribution in [3.8, 4) is 5.75 Å². The molecular weight excluding hydrogens is 533 g/mol. The summed E-state index contributed by atoms with van der Waals surface area (Å²) in [5, 5.41) is 9.80. The minimum absolute atomic E-state index is 0.225. The van der Waals surface area contributed by atoms with Crippen molar-refractivity contribution in [3.05, 3.63) is 42.5 Å². The molecule has 1 atom stereocenters. The molecule has 11 nitrogen and oxygen atoms in total. The Morgan fingerprint density at radius 1 is 1.24 bits per heavy atom. The predicted molar refractivity (Wildman–Crippen MR) is 127 cm³/mol. The molecule has 1 aromatic carbocycles. The van der Waals surface area contributed by atoms with Gasteiger partial charge in [0.2, 0.25) is 10.0 Å². The fourth-order valence-electron chi connectivity index (χ4n) is 4.48. The van der Waals surface area contributed by atoms with Crippen LogP contribution in [-0.4, -0.2) is 77.0 Å². The molecular formula is C23H27F3N4O7S. The Labute approximate surface area is 216 Å². The Hall–Kier alpha value is -3.17. The summed E-state index contributed by atoms with van der Waals surface area (Å²) >= 11 is 0. The number of sulfonamides is 1. The summed E-state index contributed by atoms with van der Waals surface area (Å²) in [5.41, 5.74) is -0.142. The fraction of sp³-hybridized carbons (Fsp3) is 0.522. The number of nitrogens with one attached hydrogen (secondary N) is 1. The average molecular weight is 561 g/mol. The fourth-order valence-corrected chi connectivity index (χ4v) is 6.32. The number of amides is 1. The number of rotatable bonds is 5. The van der Waals surface area contributed by atoms with Gasteiger partial charge in [0.1, 0.15) is 17.2 Å². The molecule has 38 heavy (non-hydrogen) atoms. The van der Waals surface area contributed by atoms with Gasteiger partial charge in [-0.3, -0.25) is 4.79 Å². The van der Waals surface area contributed by atoms with Gasteiger partial charge >= 0.3 is 12.1 Å². The first kappa shape index (κ1) is 27.9. The molecule has 2 aliphatic heterocycles. The van der Waals surface area contributed by atoms with E-state index >= 15 is 0 Å². The van der Waals surface area contributed by atoms with Gasteiger partial charge in [0.05, 0.1) is 18.9 Å². The summed E-state index contributed by atoms with van der Waals surface area (Å²) in [4.78, 5) is 26.4. The minimum atomic E-state index is -5.08. The van der Waals surface area contributed by atoms with Gasteiger partial charge in [-0.1, -0.05) is 6.07 Å². The van der Waals surface area contributed by atoms with Crippen molar-refractivity contribution in [1.29, 1.82) is 0 Å². The van der Waals surface area contributed by atoms with Crippen LogP contribution in [0, 0.1) is 0 Å². The maximum atomic E-state index is 13.0. The molecule has 0 radical (unpaired) electrons. The number of alkyl halides is 3. The van der Waals surface area contributed by atoms with E-state index in [9.17, 15) is 26.4 Å². The van der Waals surface area contributed by atoms with Crippen LogP contribution in [0.1, 0.15) is 31.5 Å². The van der Waals surface area contributed by atoms with Crippen molar-refractivity contribution in [2.45, 2.75) is 55.4 Å². The molecule has 208 valence electrons. The lowest BCUT2D eigenvalue weighted by Crippen LogP contribution is -2.54. The number of nitrogens with zero attached hydrogens (tertiary/aromatic N) is 3. The summed E-state index contributed by atoms with van der Waals surface area (Å²) in [5.74, 6) is -1.59. The number of hydrogen-bond donors (Lipinski definition) is 2. The van der Waals surface area contributed by atoms with Crippen molar-refractivity contribution >= 4 is 27.6 Å². The SMILES string of the molecule is COc1cccc(NC(=O)C2Cn3ccnc3C3(CCN(S(=O)(=O)C4CC4)CC3)O2)c1.O=C(O)C(F)(F)F. The van der Waals surface area contributed by atoms with Crippen molar-refractivity contribution in [1.82, 2.24) is 13.9 Å². The number of aliphatic carboxylic acids is 1. The highest BCUT2D eigenvalue weighted by atomic mass is 32.2. The Kier molecular flexibility index (Phi) is 7.72. The molecule has 1 saturated carbocycles. The Morgan fingerprint density at radius 3 is 2.47 bits per heavy atom. The first-order valence-corrected chi connectivity index (χ1v) is 13.3. The maximum Gasteiger partial charge on any atom is 0.490 e. The molecule has 3 heterocycles. The van der Waals surface area contributed by atoms with E-state index in [4.69, 9.17) is 19.4 Å². The lowest BCUT2D eigenvalue weighted by atomic mass is 9.89. The number of hydrogen-bond acceptors (Lipinski definition) is 7. The van der Waals surface area contributed by atoms with E-state index in [2.05, 4.69) is 10.3 Å². The quantitative estimate of drug-likeness (QED) is 0.568. The van der Waals surface area contributed by atoms with Crippen molar-refractivity contribution < 1.29 is 45.8 Å². The highest BCUT2D eigenvalue weighted by Crippen LogP contribution is 2.42.